The van der Waals surface area contributed by atoms with Crippen molar-refractivity contribution in [1.29, 1.82) is 0 Å². The van der Waals surface area contributed by atoms with E-state index in [2.05, 4.69) is 15.5 Å². The lowest BCUT2D eigenvalue weighted by molar-refractivity contribution is 0.0690. The molecule has 8 heteroatoms. The molecule has 0 aliphatic heterocycles. The highest BCUT2D eigenvalue weighted by molar-refractivity contribution is 7.09. The van der Waals surface area contributed by atoms with Crippen molar-refractivity contribution in [3.8, 4) is 0 Å². The number of thiazole rings is 1. The van der Waals surface area contributed by atoms with Crippen LogP contribution in [0.3, 0.4) is 0 Å². The Morgan fingerprint density at radius 1 is 1.48 bits per heavy atom. The van der Waals surface area contributed by atoms with Crippen LogP contribution in [0.25, 0.3) is 0 Å². The van der Waals surface area contributed by atoms with Gasteiger partial charge in [-0.3, -0.25) is 4.79 Å². The highest BCUT2D eigenvalue weighted by Crippen LogP contribution is 2.40. The molecule has 1 aliphatic rings. The van der Waals surface area contributed by atoms with Crippen LogP contribution in [-0.2, 0) is 6.42 Å². The lowest BCUT2D eigenvalue weighted by Crippen LogP contribution is -2.26. The molecule has 1 saturated carbocycles. The first-order chi connectivity index (χ1) is 10.1. The Kier molecular flexibility index (Phi) is 3.70. The number of amides is 1. The highest BCUT2D eigenvalue weighted by atomic mass is 32.1. The molecule has 2 N–H and O–H groups in total. The number of carboxylic acid groups (broad SMARTS) is 1. The molecule has 1 aliphatic carbocycles. The number of hydrogen-bond acceptors (Lipinski definition) is 6. The third kappa shape index (κ3) is 3.10. The summed E-state index contributed by atoms with van der Waals surface area (Å²) in [5.41, 5.74) is 1.26. The second kappa shape index (κ2) is 5.65. The molecule has 0 spiro atoms. The van der Waals surface area contributed by atoms with Gasteiger partial charge in [-0.2, -0.15) is 0 Å². The van der Waals surface area contributed by atoms with Crippen LogP contribution >= 0.6 is 11.3 Å². The number of aromatic nitrogens is 2. The maximum absolute atomic E-state index is 12.0. The number of carbonyl (C=O) groups excluding carboxylic acids is 1. The number of rotatable bonds is 6. The van der Waals surface area contributed by atoms with Crippen LogP contribution < -0.4 is 5.32 Å². The third-order valence-electron chi connectivity index (χ3n) is 3.20. The van der Waals surface area contributed by atoms with Gasteiger partial charge >= 0.3 is 5.97 Å². The molecule has 0 radical (unpaired) electrons. The number of aromatic carboxylic acids is 1. The monoisotopic (exact) mass is 307 g/mol. The summed E-state index contributed by atoms with van der Waals surface area (Å²) >= 11 is 1.27. The van der Waals surface area contributed by atoms with Gasteiger partial charge in [-0.25, -0.2) is 9.78 Å². The number of carbonyl (C=O) groups is 2. The summed E-state index contributed by atoms with van der Waals surface area (Å²) in [5, 5.41) is 17.6. The summed E-state index contributed by atoms with van der Waals surface area (Å²) in [6.45, 7) is 0.390. The van der Waals surface area contributed by atoms with Gasteiger partial charge in [0.05, 0.1) is 10.7 Å². The summed E-state index contributed by atoms with van der Waals surface area (Å²) in [6, 6.07) is 0. The minimum Gasteiger partial charge on any atom is -0.476 e. The normalized spacial score (nSPS) is 14.1. The average Bonchev–Trinajstić information content (AvgIpc) is 3.01. The van der Waals surface area contributed by atoms with Gasteiger partial charge in [0.25, 0.3) is 5.91 Å². The second-order valence-corrected chi connectivity index (χ2v) is 5.77. The number of carboxylic acids is 1. The molecule has 1 fully saturated rings. The number of nitrogens with zero attached hydrogens (tertiary/aromatic N) is 2. The topological polar surface area (TPSA) is 105 Å². The Morgan fingerprint density at radius 2 is 2.29 bits per heavy atom. The van der Waals surface area contributed by atoms with E-state index in [0.29, 0.717) is 29.5 Å². The summed E-state index contributed by atoms with van der Waals surface area (Å²) in [6.07, 6.45) is 3.95. The van der Waals surface area contributed by atoms with Gasteiger partial charge in [-0.05, 0) is 12.8 Å². The molecule has 0 unspecified atom stereocenters. The van der Waals surface area contributed by atoms with Crippen molar-refractivity contribution in [3.05, 3.63) is 33.6 Å². The first-order valence-corrected chi connectivity index (χ1v) is 7.43. The van der Waals surface area contributed by atoms with Crippen LogP contribution in [-0.4, -0.2) is 33.7 Å². The van der Waals surface area contributed by atoms with E-state index in [-0.39, 0.29) is 11.6 Å². The van der Waals surface area contributed by atoms with Crippen LogP contribution in [0.1, 0.15) is 50.3 Å². The van der Waals surface area contributed by atoms with Crippen LogP contribution in [0.4, 0.5) is 0 Å². The maximum Gasteiger partial charge on any atom is 0.355 e. The van der Waals surface area contributed by atoms with Crippen molar-refractivity contribution in [2.24, 2.45) is 0 Å². The summed E-state index contributed by atoms with van der Waals surface area (Å²) in [4.78, 5) is 26.7. The minimum atomic E-state index is -1.04. The molecule has 2 aromatic rings. The minimum absolute atomic E-state index is 0.0383. The summed E-state index contributed by atoms with van der Waals surface area (Å²) in [7, 11) is 0. The van der Waals surface area contributed by atoms with Crippen molar-refractivity contribution in [2.75, 3.05) is 6.54 Å². The maximum atomic E-state index is 12.0. The first-order valence-electron chi connectivity index (χ1n) is 6.55. The quantitative estimate of drug-likeness (QED) is 0.841. The zero-order valence-corrected chi connectivity index (χ0v) is 11.9. The van der Waals surface area contributed by atoms with Crippen molar-refractivity contribution in [2.45, 2.75) is 25.2 Å². The summed E-state index contributed by atoms with van der Waals surface area (Å²) < 4.78 is 4.88. The highest BCUT2D eigenvalue weighted by Gasteiger charge is 2.31. The second-order valence-electron chi connectivity index (χ2n) is 4.83. The molecule has 1 amide bonds. The van der Waals surface area contributed by atoms with E-state index >= 15 is 0 Å². The van der Waals surface area contributed by atoms with Crippen molar-refractivity contribution >= 4 is 23.2 Å². The van der Waals surface area contributed by atoms with Gasteiger partial charge in [0, 0.05) is 24.3 Å². The summed E-state index contributed by atoms with van der Waals surface area (Å²) in [5.74, 6) is -0.908. The van der Waals surface area contributed by atoms with Crippen LogP contribution in [0.15, 0.2) is 16.2 Å². The van der Waals surface area contributed by atoms with Crippen molar-refractivity contribution in [1.82, 2.24) is 15.5 Å². The lowest BCUT2D eigenvalue weighted by atomic mass is 10.1. The van der Waals surface area contributed by atoms with Crippen LogP contribution in [0.5, 0.6) is 0 Å². The molecule has 0 saturated heterocycles. The Labute approximate surface area is 124 Å². The largest absolute Gasteiger partial charge is 0.476 e. The van der Waals surface area contributed by atoms with Gasteiger partial charge in [0.15, 0.2) is 5.69 Å². The van der Waals surface area contributed by atoms with Gasteiger partial charge in [0.2, 0.25) is 0 Å². The van der Waals surface area contributed by atoms with Crippen molar-refractivity contribution < 1.29 is 19.2 Å². The molecule has 0 atom stereocenters. The van der Waals surface area contributed by atoms with E-state index in [0.717, 1.165) is 18.5 Å². The Hall–Kier alpha value is -2.22. The van der Waals surface area contributed by atoms with E-state index < -0.39 is 5.97 Å². The molecular weight excluding hydrogens is 294 g/mol. The predicted molar refractivity (Wildman–Crippen MR) is 73.6 cm³/mol. The fourth-order valence-electron chi connectivity index (χ4n) is 1.97. The van der Waals surface area contributed by atoms with E-state index in [9.17, 15) is 9.59 Å². The van der Waals surface area contributed by atoms with Crippen molar-refractivity contribution in [3.63, 3.8) is 0 Å². The predicted octanol–water partition coefficient (Wildman–Crippen LogP) is 1.68. The van der Waals surface area contributed by atoms with Gasteiger partial charge < -0.3 is 14.9 Å². The molecule has 3 rings (SSSR count). The standard InChI is InChI=1S/C13H13N3O4S/c17-12(8-5-20-16-11(8)7-1-2-7)14-4-3-10-15-9(6-21-10)13(18)19/h5-7H,1-4H2,(H,14,17)(H,18,19). The van der Waals surface area contributed by atoms with Crippen LogP contribution in [0.2, 0.25) is 0 Å². The van der Waals surface area contributed by atoms with Crippen LogP contribution in [0, 0.1) is 0 Å². The van der Waals surface area contributed by atoms with Gasteiger partial charge in [-0.15, -0.1) is 11.3 Å². The van der Waals surface area contributed by atoms with Gasteiger partial charge in [0.1, 0.15) is 11.8 Å². The first kappa shape index (κ1) is 13.7. The fourth-order valence-corrected chi connectivity index (χ4v) is 2.74. The Balaban J connectivity index is 1.53. The zero-order valence-electron chi connectivity index (χ0n) is 11.0. The van der Waals surface area contributed by atoms with E-state index in [1.807, 2.05) is 0 Å². The average molecular weight is 307 g/mol. The number of nitrogens with one attached hydrogen (secondary N) is 1. The van der Waals surface area contributed by atoms with E-state index in [1.54, 1.807) is 0 Å². The van der Waals surface area contributed by atoms with Gasteiger partial charge in [-0.1, -0.05) is 5.16 Å². The molecule has 2 aromatic heterocycles. The molecule has 7 nitrogen and oxygen atoms in total. The SMILES string of the molecule is O=C(O)c1csc(CCNC(=O)c2conc2C2CC2)n1. The molecule has 0 bridgehead atoms. The van der Waals surface area contributed by atoms with E-state index in [4.69, 9.17) is 9.63 Å². The Bertz CT molecular complexity index is 675. The van der Waals surface area contributed by atoms with E-state index in [1.165, 1.54) is 23.0 Å². The fraction of sp³-hybridized carbons (Fsp3) is 0.385. The zero-order chi connectivity index (χ0) is 14.8. The smallest absolute Gasteiger partial charge is 0.355 e. The molecular formula is C13H13N3O4S. The Morgan fingerprint density at radius 3 is 2.95 bits per heavy atom. The molecule has 110 valence electrons. The molecule has 2 heterocycles. The third-order valence-corrected chi connectivity index (χ3v) is 4.11. The lowest BCUT2D eigenvalue weighted by Gasteiger charge is -2.02. The molecule has 0 aromatic carbocycles. The number of hydrogen-bond donors (Lipinski definition) is 2. The molecule has 21 heavy (non-hydrogen) atoms.